The number of nitrogens with one attached hydrogen (secondary N) is 2. The molecule has 0 bridgehead atoms. The monoisotopic (exact) mass is 608 g/mol. The third-order valence-corrected chi connectivity index (χ3v) is 9.07. The molecule has 1 aliphatic rings. The number of amides is 1. The Morgan fingerprint density at radius 1 is 1.02 bits per heavy atom. The smallest absolute Gasteiger partial charge is 0.263 e. The highest BCUT2D eigenvalue weighted by Gasteiger charge is 2.30. The predicted octanol–water partition coefficient (Wildman–Crippen LogP) is 5.39. The van der Waals surface area contributed by atoms with Crippen molar-refractivity contribution in [3.8, 4) is 5.75 Å². The van der Waals surface area contributed by atoms with Gasteiger partial charge in [-0.3, -0.25) is 14.4 Å². The molecule has 0 aliphatic carbocycles. The van der Waals surface area contributed by atoms with E-state index in [1.807, 2.05) is 6.07 Å². The van der Waals surface area contributed by atoms with E-state index in [-0.39, 0.29) is 22.4 Å². The zero-order chi connectivity index (χ0) is 29.9. The van der Waals surface area contributed by atoms with Gasteiger partial charge < -0.3 is 15.0 Å². The standard InChI is InChI=1S/C30H33ClN6O4S/c1-4-36(5-2)21-15-16-37(19-21)30(38)20-9-8-10-23(17-20)42(39,40)35-29-28(32-25-11-6-7-12-26(25)33-29)34-27-18-22(41-3)13-14-24(27)31/h6-14,17-18,21H,4-5,15-16,19H2,1-3H3,(H,32,34)(H,33,35). The molecule has 5 rings (SSSR count). The van der Waals surface area contributed by atoms with E-state index in [4.69, 9.17) is 16.3 Å². The number of para-hydroxylation sites is 2. The number of carbonyl (C=O) groups excluding carboxylic acids is 1. The van der Waals surface area contributed by atoms with Crippen LogP contribution in [-0.2, 0) is 10.0 Å². The number of aromatic nitrogens is 2. The molecule has 2 heterocycles. The second-order valence-corrected chi connectivity index (χ2v) is 12.0. The minimum absolute atomic E-state index is 0.0223. The van der Waals surface area contributed by atoms with Gasteiger partial charge in [0.2, 0.25) is 0 Å². The molecule has 1 aliphatic heterocycles. The first-order chi connectivity index (χ1) is 20.2. The maximum atomic E-state index is 13.6. The topological polar surface area (TPSA) is 117 Å². The molecule has 1 fully saturated rings. The summed E-state index contributed by atoms with van der Waals surface area (Å²) in [6.07, 6.45) is 0.890. The number of hydrogen-bond acceptors (Lipinski definition) is 8. The minimum Gasteiger partial charge on any atom is -0.497 e. The number of methoxy groups -OCH3 is 1. The largest absolute Gasteiger partial charge is 0.497 e. The van der Waals surface area contributed by atoms with Crippen LogP contribution in [0.3, 0.4) is 0 Å². The van der Waals surface area contributed by atoms with E-state index in [9.17, 15) is 13.2 Å². The summed E-state index contributed by atoms with van der Waals surface area (Å²) in [7, 11) is -2.62. The summed E-state index contributed by atoms with van der Waals surface area (Å²) in [5.74, 6) is 0.494. The van der Waals surface area contributed by atoms with Crippen LogP contribution in [0.15, 0.2) is 71.6 Å². The summed E-state index contributed by atoms with van der Waals surface area (Å²) < 4.78 is 35.2. The molecule has 1 amide bonds. The fourth-order valence-corrected chi connectivity index (χ4v) is 6.36. The molecule has 3 aromatic carbocycles. The van der Waals surface area contributed by atoms with Crippen molar-refractivity contribution < 1.29 is 17.9 Å². The molecule has 10 nitrogen and oxygen atoms in total. The van der Waals surface area contributed by atoms with E-state index in [2.05, 4.69) is 38.8 Å². The quantitative estimate of drug-likeness (QED) is 0.246. The lowest BCUT2D eigenvalue weighted by molar-refractivity contribution is 0.0777. The average Bonchev–Trinajstić information content (AvgIpc) is 3.48. The number of likely N-dealkylation sites (N-methyl/N-ethyl adjacent to an activating group) is 1. The molecule has 2 N–H and O–H groups in total. The molecule has 0 saturated carbocycles. The molecule has 0 spiro atoms. The van der Waals surface area contributed by atoms with Crippen LogP contribution in [0.4, 0.5) is 17.3 Å². The molecule has 0 radical (unpaired) electrons. The van der Waals surface area contributed by atoms with E-state index < -0.39 is 10.0 Å². The maximum absolute atomic E-state index is 13.6. The molecule has 12 heteroatoms. The van der Waals surface area contributed by atoms with E-state index in [1.165, 1.54) is 19.2 Å². The van der Waals surface area contributed by atoms with Crippen molar-refractivity contribution >= 4 is 55.9 Å². The van der Waals surface area contributed by atoms with Gasteiger partial charge in [0.05, 0.1) is 33.7 Å². The summed E-state index contributed by atoms with van der Waals surface area (Å²) in [5.41, 5.74) is 1.83. The molecule has 1 saturated heterocycles. The summed E-state index contributed by atoms with van der Waals surface area (Å²) >= 11 is 6.40. The van der Waals surface area contributed by atoms with Gasteiger partial charge >= 0.3 is 0 Å². The van der Waals surface area contributed by atoms with Crippen LogP contribution < -0.4 is 14.8 Å². The maximum Gasteiger partial charge on any atom is 0.263 e. The van der Waals surface area contributed by atoms with E-state index in [0.29, 0.717) is 52.2 Å². The molecule has 1 unspecified atom stereocenters. The first-order valence-electron chi connectivity index (χ1n) is 13.8. The summed E-state index contributed by atoms with van der Waals surface area (Å²) in [5, 5.41) is 3.48. The molecule has 1 aromatic heterocycles. The van der Waals surface area contributed by atoms with Gasteiger partial charge in [0, 0.05) is 30.8 Å². The highest BCUT2D eigenvalue weighted by atomic mass is 35.5. The normalized spacial score (nSPS) is 15.3. The lowest BCUT2D eigenvalue weighted by Gasteiger charge is -2.26. The number of likely N-dealkylation sites (tertiary alicyclic amines) is 1. The van der Waals surface area contributed by atoms with Crippen molar-refractivity contribution in [2.75, 3.05) is 43.3 Å². The van der Waals surface area contributed by atoms with Gasteiger partial charge in [0.15, 0.2) is 11.6 Å². The molecule has 4 aromatic rings. The molecular formula is C30H33ClN6O4S. The van der Waals surface area contributed by atoms with Crippen LogP contribution in [0, 0.1) is 0 Å². The number of benzene rings is 3. The van der Waals surface area contributed by atoms with Crippen LogP contribution >= 0.6 is 11.6 Å². The number of ether oxygens (including phenoxy) is 1. The van der Waals surface area contributed by atoms with Crippen LogP contribution in [0.5, 0.6) is 5.75 Å². The Kier molecular flexibility index (Phi) is 8.81. The van der Waals surface area contributed by atoms with E-state index >= 15 is 0 Å². The first-order valence-corrected chi connectivity index (χ1v) is 15.6. The van der Waals surface area contributed by atoms with Gasteiger partial charge in [-0.05, 0) is 62.0 Å². The summed E-state index contributed by atoms with van der Waals surface area (Å²) in [6, 6.07) is 18.5. The fraction of sp³-hybridized carbons (Fsp3) is 0.300. The zero-order valence-corrected chi connectivity index (χ0v) is 25.2. The van der Waals surface area contributed by atoms with E-state index in [1.54, 1.807) is 53.4 Å². The third-order valence-electron chi connectivity index (χ3n) is 7.40. The Labute approximate surface area is 250 Å². The number of rotatable bonds is 10. The minimum atomic E-state index is -4.16. The number of fused-ring (bicyclic) bond motifs is 1. The van der Waals surface area contributed by atoms with Gasteiger partial charge in [-0.15, -0.1) is 0 Å². The average molecular weight is 609 g/mol. The Hall–Kier alpha value is -3.93. The van der Waals surface area contributed by atoms with Gasteiger partial charge in [-0.1, -0.05) is 43.6 Å². The Balaban J connectivity index is 1.44. The Bertz CT molecular complexity index is 1710. The number of nitrogens with zero attached hydrogens (tertiary/aromatic N) is 4. The number of sulfonamides is 1. The number of halogens is 1. The molecule has 42 heavy (non-hydrogen) atoms. The van der Waals surface area contributed by atoms with Gasteiger partial charge in [-0.2, -0.15) is 0 Å². The number of anilines is 3. The van der Waals surface area contributed by atoms with Crippen molar-refractivity contribution in [2.45, 2.75) is 31.2 Å². The highest BCUT2D eigenvalue weighted by Crippen LogP contribution is 2.33. The van der Waals surface area contributed by atoms with Crippen LogP contribution in [-0.4, -0.2) is 73.4 Å². The van der Waals surface area contributed by atoms with E-state index in [0.717, 1.165) is 19.5 Å². The second-order valence-electron chi connectivity index (χ2n) is 9.93. The summed E-state index contributed by atoms with van der Waals surface area (Å²) in [6.45, 7) is 7.30. The van der Waals surface area contributed by atoms with Gasteiger partial charge in [-0.25, -0.2) is 18.4 Å². The lowest BCUT2D eigenvalue weighted by Crippen LogP contribution is -2.38. The zero-order valence-electron chi connectivity index (χ0n) is 23.7. The molecular weight excluding hydrogens is 576 g/mol. The van der Waals surface area contributed by atoms with Gasteiger partial charge in [0.1, 0.15) is 5.75 Å². The van der Waals surface area contributed by atoms with Crippen molar-refractivity contribution in [1.82, 2.24) is 19.8 Å². The van der Waals surface area contributed by atoms with Gasteiger partial charge in [0.25, 0.3) is 15.9 Å². The van der Waals surface area contributed by atoms with Crippen molar-refractivity contribution in [3.05, 3.63) is 77.3 Å². The van der Waals surface area contributed by atoms with Crippen molar-refractivity contribution in [3.63, 3.8) is 0 Å². The predicted molar refractivity (Wildman–Crippen MR) is 165 cm³/mol. The lowest BCUT2D eigenvalue weighted by atomic mass is 10.2. The first kappa shape index (κ1) is 29.6. The number of hydrogen-bond donors (Lipinski definition) is 2. The Morgan fingerprint density at radius 2 is 1.74 bits per heavy atom. The Morgan fingerprint density at radius 3 is 2.43 bits per heavy atom. The van der Waals surface area contributed by atoms with Crippen molar-refractivity contribution in [2.24, 2.45) is 0 Å². The third kappa shape index (κ3) is 6.28. The van der Waals surface area contributed by atoms with Crippen LogP contribution in [0.25, 0.3) is 11.0 Å². The molecule has 220 valence electrons. The second kappa shape index (κ2) is 12.5. The van der Waals surface area contributed by atoms with Crippen LogP contribution in [0.2, 0.25) is 5.02 Å². The van der Waals surface area contributed by atoms with Crippen LogP contribution in [0.1, 0.15) is 30.6 Å². The van der Waals surface area contributed by atoms with Crippen molar-refractivity contribution in [1.29, 1.82) is 0 Å². The molecule has 1 atom stereocenters. The number of carbonyl (C=O) groups is 1. The summed E-state index contributed by atoms with van der Waals surface area (Å²) in [4.78, 5) is 26.6. The SMILES string of the molecule is CCN(CC)C1CCN(C(=O)c2cccc(S(=O)(=O)Nc3nc4ccccc4nc3Nc3cc(OC)ccc3Cl)c2)C1. The fourth-order valence-electron chi connectivity index (χ4n) is 5.14. The highest BCUT2D eigenvalue weighted by molar-refractivity contribution is 7.92.